The van der Waals surface area contributed by atoms with Crippen LogP contribution in [0.3, 0.4) is 0 Å². The molecule has 0 bridgehead atoms. The molecule has 2 unspecified atom stereocenters. The van der Waals surface area contributed by atoms with Crippen molar-refractivity contribution in [3.05, 3.63) is 35.9 Å². The second-order valence-corrected chi connectivity index (χ2v) is 4.27. The van der Waals surface area contributed by atoms with E-state index in [1.165, 1.54) is 0 Å². The highest BCUT2D eigenvalue weighted by Gasteiger charge is 2.20. The topological polar surface area (TPSA) is 64.3 Å². The molecule has 1 aromatic rings. The van der Waals surface area contributed by atoms with Crippen molar-refractivity contribution in [2.75, 3.05) is 20.3 Å². The molecule has 0 aliphatic carbocycles. The van der Waals surface area contributed by atoms with Crippen LogP contribution in [-0.2, 0) is 9.53 Å². The van der Waals surface area contributed by atoms with Crippen molar-refractivity contribution in [2.45, 2.75) is 25.3 Å². The molecule has 2 atom stereocenters. The van der Waals surface area contributed by atoms with Crippen LogP contribution in [0.2, 0.25) is 0 Å². The average Bonchev–Trinajstić information content (AvgIpc) is 2.40. The zero-order chi connectivity index (χ0) is 13.4. The average molecular weight is 250 g/mol. The van der Waals surface area contributed by atoms with E-state index in [9.17, 15) is 4.79 Å². The van der Waals surface area contributed by atoms with Crippen LogP contribution in [0.5, 0.6) is 0 Å². The van der Waals surface area contributed by atoms with Crippen molar-refractivity contribution < 1.29 is 9.53 Å². The van der Waals surface area contributed by atoms with E-state index in [0.717, 1.165) is 12.0 Å². The Labute approximate surface area is 109 Å². The molecule has 0 saturated heterocycles. The summed E-state index contributed by atoms with van der Waals surface area (Å²) in [6.45, 7) is 2.84. The lowest BCUT2D eigenvalue weighted by molar-refractivity contribution is -0.123. The first-order valence-corrected chi connectivity index (χ1v) is 6.27. The summed E-state index contributed by atoms with van der Waals surface area (Å²) < 4.78 is 5.07. The van der Waals surface area contributed by atoms with E-state index in [1.807, 2.05) is 37.3 Å². The first-order chi connectivity index (χ1) is 8.72. The molecule has 0 saturated carbocycles. The fourth-order valence-corrected chi connectivity index (χ4v) is 1.84. The van der Waals surface area contributed by atoms with Crippen LogP contribution in [0.25, 0.3) is 0 Å². The second-order valence-electron chi connectivity index (χ2n) is 4.27. The molecule has 0 spiro atoms. The molecule has 100 valence electrons. The number of ether oxygens (including phenoxy) is 1. The minimum Gasteiger partial charge on any atom is -0.383 e. The first-order valence-electron chi connectivity index (χ1n) is 6.27. The number of methoxy groups -OCH3 is 1. The fraction of sp³-hybridized carbons (Fsp3) is 0.500. The number of nitrogens with one attached hydrogen (secondary N) is 1. The van der Waals surface area contributed by atoms with Crippen molar-refractivity contribution in [3.63, 3.8) is 0 Å². The maximum Gasteiger partial charge on any atom is 0.229 e. The van der Waals surface area contributed by atoms with Crippen LogP contribution in [0.15, 0.2) is 30.3 Å². The summed E-state index contributed by atoms with van der Waals surface area (Å²) in [4.78, 5) is 12.2. The van der Waals surface area contributed by atoms with Gasteiger partial charge in [0.05, 0.1) is 18.6 Å². The Hall–Kier alpha value is -1.39. The first kappa shape index (κ1) is 14.7. The normalized spacial score (nSPS) is 13.9. The van der Waals surface area contributed by atoms with Crippen molar-refractivity contribution in [2.24, 2.45) is 5.73 Å². The number of amides is 1. The Morgan fingerprint density at radius 3 is 2.56 bits per heavy atom. The predicted octanol–water partition coefficient (Wildman–Crippen LogP) is 1.27. The summed E-state index contributed by atoms with van der Waals surface area (Å²) in [6.07, 6.45) is 0.839. The zero-order valence-corrected chi connectivity index (χ0v) is 11.1. The maximum absolute atomic E-state index is 12.2. The molecule has 18 heavy (non-hydrogen) atoms. The van der Waals surface area contributed by atoms with Gasteiger partial charge in [-0.2, -0.15) is 0 Å². The number of nitrogens with two attached hydrogens (primary N) is 1. The third kappa shape index (κ3) is 4.13. The summed E-state index contributed by atoms with van der Waals surface area (Å²) in [5, 5.41) is 2.97. The number of rotatable bonds is 7. The molecule has 1 aromatic carbocycles. The molecule has 1 amide bonds. The van der Waals surface area contributed by atoms with E-state index in [-0.39, 0.29) is 17.9 Å². The van der Waals surface area contributed by atoms with Gasteiger partial charge >= 0.3 is 0 Å². The number of carbonyl (C=O) groups is 1. The van der Waals surface area contributed by atoms with Crippen LogP contribution >= 0.6 is 0 Å². The minimum absolute atomic E-state index is 0.0346. The number of hydrogen-bond acceptors (Lipinski definition) is 3. The van der Waals surface area contributed by atoms with Gasteiger partial charge in [0.2, 0.25) is 5.91 Å². The highest BCUT2D eigenvalue weighted by atomic mass is 16.5. The molecular weight excluding hydrogens is 228 g/mol. The molecule has 0 aliphatic rings. The van der Waals surface area contributed by atoms with E-state index < -0.39 is 0 Å². The lowest BCUT2D eigenvalue weighted by atomic mass is 9.98. The molecule has 3 N–H and O–H groups in total. The molecule has 0 fully saturated rings. The minimum atomic E-state index is -0.294. The van der Waals surface area contributed by atoms with Crippen LogP contribution in [-0.4, -0.2) is 32.2 Å². The highest BCUT2D eigenvalue weighted by molar-refractivity contribution is 5.84. The predicted molar refractivity (Wildman–Crippen MR) is 72.3 cm³/mol. The standard InChI is InChI=1S/C14H22N2O2/c1-3-12(10-18-2)16-14(17)13(9-15)11-7-5-4-6-8-11/h4-8,12-13H,3,9-10,15H2,1-2H3,(H,16,17). The Kier molecular flexibility index (Phi) is 6.39. The van der Waals surface area contributed by atoms with E-state index in [1.54, 1.807) is 7.11 Å². The Balaban J connectivity index is 2.68. The Morgan fingerprint density at radius 1 is 1.39 bits per heavy atom. The SMILES string of the molecule is CCC(COC)NC(=O)C(CN)c1ccccc1. The highest BCUT2D eigenvalue weighted by Crippen LogP contribution is 2.14. The largest absolute Gasteiger partial charge is 0.383 e. The monoisotopic (exact) mass is 250 g/mol. The van der Waals surface area contributed by atoms with Gasteiger partial charge < -0.3 is 15.8 Å². The third-order valence-corrected chi connectivity index (χ3v) is 2.96. The Morgan fingerprint density at radius 2 is 2.06 bits per heavy atom. The quantitative estimate of drug-likeness (QED) is 0.766. The summed E-state index contributed by atoms with van der Waals surface area (Å²) in [5.41, 5.74) is 6.65. The lowest BCUT2D eigenvalue weighted by Gasteiger charge is -2.20. The summed E-state index contributed by atoms with van der Waals surface area (Å²) in [7, 11) is 1.63. The van der Waals surface area contributed by atoms with Crippen molar-refractivity contribution in [1.29, 1.82) is 0 Å². The van der Waals surface area contributed by atoms with Crippen LogP contribution in [0, 0.1) is 0 Å². The van der Waals surface area contributed by atoms with Gasteiger partial charge in [-0.25, -0.2) is 0 Å². The van der Waals surface area contributed by atoms with Crippen molar-refractivity contribution in [3.8, 4) is 0 Å². The van der Waals surface area contributed by atoms with Crippen molar-refractivity contribution in [1.82, 2.24) is 5.32 Å². The van der Waals surface area contributed by atoms with Gasteiger partial charge in [-0.3, -0.25) is 4.79 Å². The Bertz CT molecular complexity index is 354. The lowest BCUT2D eigenvalue weighted by Crippen LogP contribution is -2.42. The van der Waals surface area contributed by atoms with Gasteiger partial charge in [0.25, 0.3) is 0 Å². The van der Waals surface area contributed by atoms with E-state index in [2.05, 4.69) is 5.32 Å². The van der Waals surface area contributed by atoms with E-state index in [0.29, 0.717) is 13.2 Å². The smallest absolute Gasteiger partial charge is 0.229 e. The van der Waals surface area contributed by atoms with Crippen molar-refractivity contribution >= 4 is 5.91 Å². The second kappa shape index (κ2) is 7.84. The molecule has 0 aromatic heterocycles. The van der Waals surface area contributed by atoms with E-state index >= 15 is 0 Å². The fourth-order valence-electron chi connectivity index (χ4n) is 1.84. The molecule has 4 nitrogen and oxygen atoms in total. The molecule has 1 rings (SSSR count). The van der Waals surface area contributed by atoms with Gasteiger partial charge in [-0.05, 0) is 12.0 Å². The van der Waals surface area contributed by atoms with Crippen LogP contribution < -0.4 is 11.1 Å². The van der Waals surface area contributed by atoms with Gasteiger partial charge in [0, 0.05) is 13.7 Å². The summed E-state index contributed by atoms with van der Waals surface area (Å²) in [6, 6.07) is 9.65. The van der Waals surface area contributed by atoms with Gasteiger partial charge in [-0.15, -0.1) is 0 Å². The molecule has 4 heteroatoms. The van der Waals surface area contributed by atoms with E-state index in [4.69, 9.17) is 10.5 Å². The molecule has 0 aliphatic heterocycles. The zero-order valence-electron chi connectivity index (χ0n) is 11.1. The maximum atomic E-state index is 12.2. The summed E-state index contributed by atoms with van der Waals surface area (Å²) >= 11 is 0. The number of benzene rings is 1. The molecular formula is C14H22N2O2. The van der Waals surface area contributed by atoms with Gasteiger partial charge in [0.15, 0.2) is 0 Å². The van der Waals surface area contributed by atoms with Crippen LogP contribution in [0.1, 0.15) is 24.8 Å². The van der Waals surface area contributed by atoms with Gasteiger partial charge in [-0.1, -0.05) is 37.3 Å². The third-order valence-electron chi connectivity index (χ3n) is 2.96. The number of carbonyl (C=O) groups excluding carboxylic acids is 1. The molecule has 0 heterocycles. The summed E-state index contributed by atoms with van der Waals surface area (Å²) in [5.74, 6) is -0.329. The van der Waals surface area contributed by atoms with Crippen LogP contribution in [0.4, 0.5) is 0 Å². The number of hydrogen-bond donors (Lipinski definition) is 2. The molecule has 0 radical (unpaired) electrons. The van der Waals surface area contributed by atoms with Gasteiger partial charge in [0.1, 0.15) is 0 Å².